The normalized spacial score (nSPS) is 11.8. The molecule has 1 aromatic carbocycles. The number of anilines is 2. The first-order chi connectivity index (χ1) is 9.42. The van der Waals surface area contributed by atoms with Crippen LogP contribution in [0.25, 0.3) is 10.8 Å². The lowest BCUT2D eigenvalue weighted by atomic mass is 10.1. The second-order valence-corrected chi connectivity index (χ2v) is 4.63. The largest absolute Gasteiger partial charge is 0.405 e. The summed E-state index contributed by atoms with van der Waals surface area (Å²) in [5.74, 6) is 0. The van der Waals surface area contributed by atoms with Crippen molar-refractivity contribution in [3.8, 4) is 0 Å². The number of aromatic nitrogens is 1. The fraction of sp³-hybridized carbons (Fsp3) is 0.357. The van der Waals surface area contributed by atoms with Crippen LogP contribution in [0, 0.1) is 0 Å². The molecule has 1 aromatic heterocycles. The van der Waals surface area contributed by atoms with E-state index in [2.05, 4.69) is 4.98 Å². The summed E-state index contributed by atoms with van der Waals surface area (Å²) in [4.78, 5) is 5.25. The maximum Gasteiger partial charge on any atom is 0.405 e. The van der Waals surface area contributed by atoms with Crippen LogP contribution in [0.4, 0.5) is 24.5 Å². The van der Waals surface area contributed by atoms with Crippen molar-refractivity contribution in [2.45, 2.75) is 19.5 Å². The van der Waals surface area contributed by atoms with E-state index in [4.69, 9.17) is 5.73 Å². The Kier molecular flexibility index (Phi) is 4.01. The van der Waals surface area contributed by atoms with Gasteiger partial charge in [0.1, 0.15) is 6.54 Å². The molecular weight excluding hydrogens is 267 g/mol. The van der Waals surface area contributed by atoms with Crippen molar-refractivity contribution in [2.24, 2.45) is 0 Å². The van der Waals surface area contributed by atoms with Gasteiger partial charge in [-0.2, -0.15) is 13.2 Å². The molecule has 0 aliphatic rings. The highest BCUT2D eigenvalue weighted by molar-refractivity contribution is 5.98. The molecular formula is C14H16F3N3. The van der Waals surface area contributed by atoms with Crippen LogP contribution in [-0.4, -0.2) is 24.2 Å². The molecule has 0 aliphatic heterocycles. The Morgan fingerprint density at radius 3 is 2.65 bits per heavy atom. The van der Waals surface area contributed by atoms with Crippen LogP contribution in [0.15, 0.2) is 30.6 Å². The second kappa shape index (κ2) is 5.56. The van der Waals surface area contributed by atoms with Gasteiger partial charge in [-0.15, -0.1) is 0 Å². The first kappa shape index (κ1) is 14.4. The van der Waals surface area contributed by atoms with Crippen LogP contribution in [0.3, 0.4) is 0 Å². The number of benzene rings is 1. The Morgan fingerprint density at radius 1 is 1.25 bits per heavy atom. The molecule has 20 heavy (non-hydrogen) atoms. The maximum absolute atomic E-state index is 12.7. The van der Waals surface area contributed by atoms with Gasteiger partial charge in [0, 0.05) is 29.7 Å². The molecule has 3 nitrogen and oxygen atoms in total. The summed E-state index contributed by atoms with van der Waals surface area (Å²) in [6, 6.07) is 5.08. The first-order valence-electron chi connectivity index (χ1n) is 6.36. The van der Waals surface area contributed by atoms with Crippen LogP contribution in [0.1, 0.15) is 13.3 Å². The van der Waals surface area contributed by atoms with Crippen molar-refractivity contribution >= 4 is 22.1 Å². The fourth-order valence-corrected chi connectivity index (χ4v) is 2.23. The summed E-state index contributed by atoms with van der Waals surface area (Å²) in [5.41, 5.74) is 6.82. The van der Waals surface area contributed by atoms with Crippen molar-refractivity contribution in [1.29, 1.82) is 0 Å². The standard InChI is InChI=1S/C14H16F3N3/c1-2-7-20(9-14(15,16)17)12-4-3-10-8-19-6-5-11(10)13(12)18/h3-6,8H,2,7,9,18H2,1H3. The molecule has 0 fully saturated rings. The molecule has 0 spiro atoms. The number of nitrogens with zero attached hydrogens (tertiary/aromatic N) is 2. The van der Waals surface area contributed by atoms with Crippen molar-refractivity contribution in [3.63, 3.8) is 0 Å². The number of hydrogen-bond donors (Lipinski definition) is 1. The van der Waals surface area contributed by atoms with Gasteiger partial charge in [0.05, 0.1) is 11.4 Å². The molecule has 2 aromatic rings. The van der Waals surface area contributed by atoms with Crippen LogP contribution in [0.2, 0.25) is 0 Å². The molecule has 0 bridgehead atoms. The number of alkyl halides is 3. The van der Waals surface area contributed by atoms with E-state index in [0.29, 0.717) is 24.3 Å². The molecule has 0 saturated carbocycles. The lowest BCUT2D eigenvalue weighted by Gasteiger charge is -2.27. The van der Waals surface area contributed by atoms with Gasteiger partial charge in [-0.25, -0.2) is 0 Å². The lowest BCUT2D eigenvalue weighted by molar-refractivity contribution is -0.119. The number of nitrogens with two attached hydrogens (primary N) is 1. The Morgan fingerprint density at radius 2 is 2.00 bits per heavy atom. The summed E-state index contributed by atoms with van der Waals surface area (Å²) in [6.07, 6.45) is -0.418. The number of nitrogen functional groups attached to an aromatic ring is 1. The number of rotatable bonds is 4. The van der Waals surface area contributed by atoms with E-state index in [-0.39, 0.29) is 0 Å². The van der Waals surface area contributed by atoms with Crippen LogP contribution < -0.4 is 10.6 Å². The van der Waals surface area contributed by atoms with E-state index in [1.54, 1.807) is 30.6 Å². The Balaban J connectivity index is 2.45. The van der Waals surface area contributed by atoms with Gasteiger partial charge in [-0.3, -0.25) is 4.98 Å². The van der Waals surface area contributed by atoms with Gasteiger partial charge in [0.2, 0.25) is 0 Å². The summed E-state index contributed by atoms with van der Waals surface area (Å²) in [6.45, 7) is 1.15. The van der Waals surface area contributed by atoms with E-state index in [9.17, 15) is 13.2 Å². The molecule has 6 heteroatoms. The van der Waals surface area contributed by atoms with E-state index < -0.39 is 12.7 Å². The predicted octanol–water partition coefficient (Wildman–Crippen LogP) is 3.60. The highest BCUT2D eigenvalue weighted by Crippen LogP contribution is 2.32. The second-order valence-electron chi connectivity index (χ2n) is 4.63. The third-order valence-electron chi connectivity index (χ3n) is 3.04. The number of pyridine rings is 1. The molecule has 0 atom stereocenters. The van der Waals surface area contributed by atoms with E-state index in [1.165, 1.54) is 4.90 Å². The molecule has 0 aliphatic carbocycles. The highest BCUT2D eigenvalue weighted by atomic mass is 19.4. The summed E-state index contributed by atoms with van der Waals surface area (Å²) < 4.78 is 38.0. The van der Waals surface area contributed by atoms with Crippen molar-refractivity contribution in [3.05, 3.63) is 30.6 Å². The third kappa shape index (κ3) is 3.12. The SMILES string of the molecule is CCCN(CC(F)(F)F)c1ccc2cnccc2c1N. The molecule has 0 amide bonds. The molecule has 2 rings (SSSR count). The molecule has 0 radical (unpaired) electrons. The summed E-state index contributed by atoms with van der Waals surface area (Å²) in [5, 5.41) is 1.54. The molecule has 2 N–H and O–H groups in total. The minimum absolute atomic E-state index is 0.306. The number of halogens is 3. The molecule has 0 unspecified atom stereocenters. The zero-order valence-electron chi connectivity index (χ0n) is 11.1. The average Bonchev–Trinajstić information content (AvgIpc) is 2.37. The first-order valence-corrected chi connectivity index (χ1v) is 6.36. The number of hydrogen-bond acceptors (Lipinski definition) is 3. The van der Waals surface area contributed by atoms with Gasteiger partial charge in [0.25, 0.3) is 0 Å². The average molecular weight is 283 g/mol. The van der Waals surface area contributed by atoms with Crippen LogP contribution in [-0.2, 0) is 0 Å². The fourth-order valence-electron chi connectivity index (χ4n) is 2.23. The lowest BCUT2D eigenvalue weighted by Crippen LogP contribution is -2.35. The zero-order valence-corrected chi connectivity index (χ0v) is 11.1. The Bertz CT molecular complexity index is 596. The van der Waals surface area contributed by atoms with Crippen molar-refractivity contribution in [2.75, 3.05) is 23.7 Å². The predicted molar refractivity (Wildman–Crippen MR) is 74.7 cm³/mol. The molecule has 108 valence electrons. The maximum atomic E-state index is 12.7. The smallest absolute Gasteiger partial charge is 0.397 e. The quantitative estimate of drug-likeness (QED) is 0.872. The van der Waals surface area contributed by atoms with Crippen LogP contribution >= 0.6 is 0 Å². The summed E-state index contributed by atoms with van der Waals surface area (Å²) >= 11 is 0. The minimum atomic E-state index is -4.26. The van der Waals surface area contributed by atoms with Crippen molar-refractivity contribution < 1.29 is 13.2 Å². The Hall–Kier alpha value is -1.98. The van der Waals surface area contributed by atoms with E-state index in [1.807, 2.05) is 6.92 Å². The van der Waals surface area contributed by atoms with Crippen molar-refractivity contribution in [1.82, 2.24) is 4.98 Å². The van der Waals surface area contributed by atoms with Gasteiger partial charge in [0.15, 0.2) is 0 Å². The topological polar surface area (TPSA) is 42.2 Å². The number of fused-ring (bicyclic) bond motifs is 1. The van der Waals surface area contributed by atoms with Crippen LogP contribution in [0.5, 0.6) is 0 Å². The summed E-state index contributed by atoms with van der Waals surface area (Å²) in [7, 11) is 0. The van der Waals surface area contributed by atoms with E-state index >= 15 is 0 Å². The van der Waals surface area contributed by atoms with Gasteiger partial charge < -0.3 is 10.6 Å². The molecule has 1 heterocycles. The third-order valence-corrected chi connectivity index (χ3v) is 3.04. The van der Waals surface area contributed by atoms with Gasteiger partial charge >= 0.3 is 6.18 Å². The van der Waals surface area contributed by atoms with Gasteiger partial charge in [-0.1, -0.05) is 13.0 Å². The highest BCUT2D eigenvalue weighted by Gasteiger charge is 2.31. The zero-order chi connectivity index (χ0) is 14.8. The minimum Gasteiger partial charge on any atom is -0.397 e. The van der Waals surface area contributed by atoms with E-state index in [0.717, 1.165) is 10.8 Å². The van der Waals surface area contributed by atoms with Gasteiger partial charge in [-0.05, 0) is 18.6 Å². The molecule has 0 saturated heterocycles. The Labute approximate surface area is 115 Å². The monoisotopic (exact) mass is 283 g/mol.